The van der Waals surface area contributed by atoms with E-state index in [1.54, 1.807) is 13.8 Å². The Morgan fingerprint density at radius 3 is 2.33 bits per heavy atom. The average molecular weight is 227 g/mol. The van der Waals surface area contributed by atoms with Gasteiger partial charge in [-0.3, -0.25) is 4.79 Å². The normalized spacial score (nSPS) is 13.7. The van der Waals surface area contributed by atoms with Crippen molar-refractivity contribution in [1.82, 2.24) is 4.90 Å². The fourth-order valence-corrected chi connectivity index (χ4v) is 1.09. The lowest BCUT2D eigenvalue weighted by atomic mass is 10.1. The van der Waals surface area contributed by atoms with Crippen molar-refractivity contribution in [3.8, 4) is 0 Å². The third-order valence-electron chi connectivity index (χ3n) is 2.09. The zero-order chi connectivity index (χ0) is 12.1. The van der Waals surface area contributed by atoms with Crippen LogP contribution >= 0.6 is 0 Å². The van der Waals surface area contributed by atoms with Crippen molar-refractivity contribution < 1.29 is 23.1 Å². The summed E-state index contributed by atoms with van der Waals surface area (Å²) in [5.74, 6) is -1.01. The van der Waals surface area contributed by atoms with Crippen LogP contribution in [0.1, 0.15) is 20.3 Å². The number of alkyl halides is 3. The first kappa shape index (κ1) is 14.2. The molecule has 6 heteroatoms. The minimum atomic E-state index is -4.42. The molecule has 1 amide bonds. The first-order valence-electron chi connectivity index (χ1n) is 4.78. The zero-order valence-electron chi connectivity index (χ0n) is 8.84. The van der Waals surface area contributed by atoms with Gasteiger partial charge in [-0.2, -0.15) is 13.2 Å². The Balaban J connectivity index is 4.45. The summed E-state index contributed by atoms with van der Waals surface area (Å²) in [5.41, 5.74) is 0. The number of carbonyl (C=O) groups is 1. The number of aliphatic hydroxyl groups is 1. The van der Waals surface area contributed by atoms with E-state index in [0.717, 1.165) is 0 Å². The lowest BCUT2D eigenvalue weighted by molar-refractivity contribution is -0.164. The molecule has 0 spiro atoms. The van der Waals surface area contributed by atoms with E-state index in [4.69, 9.17) is 5.11 Å². The predicted molar refractivity (Wildman–Crippen MR) is 49.2 cm³/mol. The van der Waals surface area contributed by atoms with E-state index in [1.165, 1.54) is 0 Å². The number of carbonyl (C=O) groups excluding carboxylic acids is 1. The molecule has 0 aromatic rings. The molecule has 0 bridgehead atoms. The smallest absolute Gasteiger partial charge is 0.395 e. The number of nitrogens with zero attached hydrogens (tertiary/aromatic N) is 1. The van der Waals surface area contributed by atoms with Gasteiger partial charge in [-0.1, -0.05) is 13.8 Å². The average Bonchev–Trinajstić information content (AvgIpc) is 2.13. The SMILES string of the molecule is CCC(C)C(=O)N(CCO)CC(F)(F)F. The van der Waals surface area contributed by atoms with Crippen LogP contribution in [0.3, 0.4) is 0 Å². The maximum Gasteiger partial charge on any atom is 0.406 e. The van der Waals surface area contributed by atoms with Gasteiger partial charge >= 0.3 is 6.18 Å². The number of hydrogen-bond donors (Lipinski definition) is 1. The molecule has 0 aliphatic rings. The number of halogens is 3. The fraction of sp³-hybridized carbons (Fsp3) is 0.889. The van der Waals surface area contributed by atoms with Crippen LogP contribution in [0.4, 0.5) is 13.2 Å². The van der Waals surface area contributed by atoms with Crippen molar-refractivity contribution in [2.24, 2.45) is 5.92 Å². The molecular formula is C9H16F3NO2. The zero-order valence-corrected chi connectivity index (χ0v) is 8.84. The molecule has 0 aromatic heterocycles. The number of amides is 1. The van der Waals surface area contributed by atoms with Crippen LogP contribution in [0.15, 0.2) is 0 Å². The van der Waals surface area contributed by atoms with E-state index < -0.39 is 31.2 Å². The minimum Gasteiger partial charge on any atom is -0.395 e. The van der Waals surface area contributed by atoms with Crippen molar-refractivity contribution in [1.29, 1.82) is 0 Å². The van der Waals surface area contributed by atoms with E-state index in [-0.39, 0.29) is 6.54 Å². The van der Waals surface area contributed by atoms with Crippen molar-refractivity contribution in [2.45, 2.75) is 26.4 Å². The van der Waals surface area contributed by atoms with E-state index in [9.17, 15) is 18.0 Å². The Morgan fingerprint density at radius 1 is 1.47 bits per heavy atom. The molecule has 1 N–H and O–H groups in total. The summed E-state index contributed by atoms with van der Waals surface area (Å²) in [7, 11) is 0. The third kappa shape index (κ3) is 5.61. The Hall–Kier alpha value is -0.780. The molecule has 1 unspecified atom stereocenters. The second-order valence-corrected chi connectivity index (χ2v) is 3.41. The molecule has 0 saturated heterocycles. The van der Waals surface area contributed by atoms with Gasteiger partial charge in [0.1, 0.15) is 6.54 Å². The fourth-order valence-electron chi connectivity index (χ4n) is 1.09. The monoisotopic (exact) mass is 227 g/mol. The van der Waals surface area contributed by atoms with Gasteiger partial charge in [0.2, 0.25) is 5.91 Å². The molecule has 0 aliphatic heterocycles. The lowest BCUT2D eigenvalue weighted by Crippen LogP contribution is -2.43. The predicted octanol–water partition coefficient (Wildman–Crippen LogP) is 1.42. The van der Waals surface area contributed by atoms with Gasteiger partial charge in [0.05, 0.1) is 6.61 Å². The van der Waals surface area contributed by atoms with Gasteiger partial charge in [-0.15, -0.1) is 0 Å². The van der Waals surface area contributed by atoms with E-state index in [0.29, 0.717) is 11.3 Å². The summed E-state index contributed by atoms with van der Waals surface area (Å²) >= 11 is 0. The van der Waals surface area contributed by atoms with Gasteiger partial charge in [-0.25, -0.2) is 0 Å². The highest BCUT2D eigenvalue weighted by Crippen LogP contribution is 2.18. The molecule has 0 fully saturated rings. The Labute approximate surface area is 86.9 Å². The quantitative estimate of drug-likeness (QED) is 0.771. The van der Waals surface area contributed by atoms with E-state index in [2.05, 4.69) is 0 Å². The minimum absolute atomic E-state index is 0.275. The van der Waals surface area contributed by atoms with Crippen LogP contribution in [-0.2, 0) is 4.79 Å². The standard InChI is InChI=1S/C9H16F3NO2/c1-3-7(2)8(15)13(4-5-14)6-9(10,11)12/h7,14H,3-6H2,1-2H3. The summed E-state index contributed by atoms with van der Waals surface area (Å²) in [6.45, 7) is 1.27. The van der Waals surface area contributed by atoms with Gasteiger partial charge in [-0.05, 0) is 6.42 Å². The van der Waals surface area contributed by atoms with Crippen molar-refractivity contribution >= 4 is 5.91 Å². The summed E-state index contributed by atoms with van der Waals surface area (Å²) in [5, 5.41) is 8.58. The van der Waals surface area contributed by atoms with Crippen LogP contribution in [0.25, 0.3) is 0 Å². The molecule has 3 nitrogen and oxygen atoms in total. The first-order chi connectivity index (χ1) is 6.81. The van der Waals surface area contributed by atoms with E-state index >= 15 is 0 Å². The molecule has 15 heavy (non-hydrogen) atoms. The van der Waals surface area contributed by atoms with Crippen LogP contribution in [0.2, 0.25) is 0 Å². The van der Waals surface area contributed by atoms with Crippen molar-refractivity contribution in [2.75, 3.05) is 19.7 Å². The largest absolute Gasteiger partial charge is 0.406 e. The Bertz CT molecular complexity index is 206. The molecular weight excluding hydrogens is 211 g/mol. The van der Waals surface area contributed by atoms with Crippen LogP contribution < -0.4 is 0 Å². The van der Waals surface area contributed by atoms with Crippen LogP contribution in [0.5, 0.6) is 0 Å². The van der Waals surface area contributed by atoms with Gasteiger partial charge < -0.3 is 10.0 Å². The highest BCUT2D eigenvalue weighted by Gasteiger charge is 2.33. The van der Waals surface area contributed by atoms with Crippen molar-refractivity contribution in [3.63, 3.8) is 0 Å². The molecule has 0 aromatic carbocycles. The second-order valence-electron chi connectivity index (χ2n) is 3.41. The molecule has 0 rings (SSSR count). The maximum atomic E-state index is 12.1. The van der Waals surface area contributed by atoms with Gasteiger partial charge in [0.15, 0.2) is 0 Å². The molecule has 0 heterocycles. The third-order valence-corrected chi connectivity index (χ3v) is 2.09. The summed E-state index contributed by atoms with van der Waals surface area (Å²) in [6, 6.07) is 0. The maximum absolute atomic E-state index is 12.1. The molecule has 90 valence electrons. The van der Waals surface area contributed by atoms with Gasteiger partial charge in [0, 0.05) is 12.5 Å². The number of rotatable bonds is 5. The van der Waals surface area contributed by atoms with Crippen LogP contribution in [-0.4, -0.2) is 41.8 Å². The summed E-state index contributed by atoms with van der Waals surface area (Å²) < 4.78 is 36.2. The Kier molecular flexibility index (Phi) is 5.64. The lowest BCUT2D eigenvalue weighted by Gasteiger charge is -2.25. The molecule has 0 radical (unpaired) electrons. The second kappa shape index (κ2) is 5.95. The number of aliphatic hydroxyl groups excluding tert-OH is 1. The Morgan fingerprint density at radius 2 is 2.00 bits per heavy atom. The van der Waals surface area contributed by atoms with Crippen molar-refractivity contribution in [3.05, 3.63) is 0 Å². The first-order valence-corrected chi connectivity index (χ1v) is 4.78. The summed E-state index contributed by atoms with van der Waals surface area (Å²) in [6.07, 6.45) is -3.93. The topological polar surface area (TPSA) is 40.5 Å². The molecule has 0 aliphatic carbocycles. The summed E-state index contributed by atoms with van der Waals surface area (Å²) in [4.78, 5) is 12.1. The molecule has 0 saturated carbocycles. The highest BCUT2D eigenvalue weighted by molar-refractivity contribution is 5.78. The van der Waals surface area contributed by atoms with Crippen LogP contribution in [0, 0.1) is 5.92 Å². The molecule has 1 atom stereocenters. The van der Waals surface area contributed by atoms with E-state index in [1.807, 2.05) is 0 Å². The van der Waals surface area contributed by atoms with Gasteiger partial charge in [0.25, 0.3) is 0 Å². The highest BCUT2D eigenvalue weighted by atomic mass is 19.4. The number of hydrogen-bond acceptors (Lipinski definition) is 2.